The Kier molecular flexibility index (Phi) is 4.76. The number of ether oxygens (including phenoxy) is 1. The molecular weight excluding hydrogens is 308 g/mol. The largest absolute Gasteiger partial charge is 0.368 e. The highest BCUT2D eigenvalue weighted by atomic mass is 32.2. The van der Waals surface area contributed by atoms with Crippen molar-refractivity contribution in [2.45, 2.75) is 44.4 Å². The van der Waals surface area contributed by atoms with Crippen molar-refractivity contribution in [2.75, 3.05) is 26.0 Å². The first-order valence-corrected chi connectivity index (χ1v) is 9.52. The standard InChI is InChI=1S/C13H22N4O4S/c1-22(18,19)16-10-4-6-17(7-5-10)9-12-14-13(21-15-12)11-3-2-8-20-11/h10-11,16H,2-9H2,1H3. The second-order valence-electron chi connectivity index (χ2n) is 5.99. The van der Waals surface area contributed by atoms with E-state index in [4.69, 9.17) is 9.26 Å². The Bertz CT molecular complexity index is 589. The van der Waals surface area contributed by atoms with Crippen molar-refractivity contribution in [1.82, 2.24) is 19.8 Å². The highest BCUT2D eigenvalue weighted by Gasteiger charge is 2.26. The molecule has 3 heterocycles. The van der Waals surface area contributed by atoms with E-state index in [9.17, 15) is 8.42 Å². The van der Waals surface area contributed by atoms with E-state index in [1.165, 1.54) is 6.26 Å². The van der Waals surface area contributed by atoms with Gasteiger partial charge in [-0.15, -0.1) is 0 Å². The Morgan fingerprint density at radius 1 is 1.32 bits per heavy atom. The van der Waals surface area contributed by atoms with E-state index in [1.807, 2.05) is 0 Å². The van der Waals surface area contributed by atoms with E-state index < -0.39 is 10.0 Å². The zero-order valence-corrected chi connectivity index (χ0v) is 13.5. The molecule has 1 aromatic rings. The molecule has 0 radical (unpaired) electrons. The van der Waals surface area contributed by atoms with Gasteiger partial charge in [-0.05, 0) is 25.7 Å². The van der Waals surface area contributed by atoms with Gasteiger partial charge < -0.3 is 9.26 Å². The van der Waals surface area contributed by atoms with Crippen molar-refractivity contribution in [3.8, 4) is 0 Å². The van der Waals surface area contributed by atoms with Crippen molar-refractivity contribution < 1.29 is 17.7 Å². The van der Waals surface area contributed by atoms with Crippen molar-refractivity contribution in [3.05, 3.63) is 11.7 Å². The molecule has 1 atom stereocenters. The van der Waals surface area contributed by atoms with Crippen LogP contribution >= 0.6 is 0 Å². The summed E-state index contributed by atoms with van der Waals surface area (Å²) < 4.78 is 35.9. The molecule has 8 nitrogen and oxygen atoms in total. The van der Waals surface area contributed by atoms with Crippen LogP contribution in [0.1, 0.15) is 43.5 Å². The van der Waals surface area contributed by atoms with Crippen LogP contribution in [0, 0.1) is 0 Å². The van der Waals surface area contributed by atoms with Crippen LogP contribution < -0.4 is 4.72 Å². The summed E-state index contributed by atoms with van der Waals surface area (Å²) in [5.74, 6) is 1.24. The number of nitrogens with zero attached hydrogens (tertiary/aromatic N) is 3. The lowest BCUT2D eigenvalue weighted by Crippen LogP contribution is -2.44. The molecule has 0 saturated carbocycles. The van der Waals surface area contributed by atoms with Crippen LogP contribution in [0.4, 0.5) is 0 Å². The minimum absolute atomic E-state index is 0.0268. The van der Waals surface area contributed by atoms with Gasteiger partial charge in [-0.3, -0.25) is 4.90 Å². The van der Waals surface area contributed by atoms with E-state index >= 15 is 0 Å². The van der Waals surface area contributed by atoms with Gasteiger partial charge in [0.25, 0.3) is 5.89 Å². The molecule has 0 amide bonds. The van der Waals surface area contributed by atoms with E-state index in [0.717, 1.165) is 45.4 Å². The Morgan fingerprint density at radius 2 is 2.09 bits per heavy atom. The van der Waals surface area contributed by atoms with E-state index in [1.54, 1.807) is 0 Å². The monoisotopic (exact) mass is 330 g/mol. The fourth-order valence-corrected chi connectivity index (χ4v) is 3.79. The smallest absolute Gasteiger partial charge is 0.255 e. The van der Waals surface area contributed by atoms with Crippen LogP contribution in [0.2, 0.25) is 0 Å². The maximum atomic E-state index is 11.2. The summed E-state index contributed by atoms with van der Waals surface area (Å²) in [6, 6.07) is 0.0268. The number of likely N-dealkylation sites (tertiary alicyclic amines) is 1. The van der Waals surface area contributed by atoms with Crippen LogP contribution in [-0.4, -0.2) is 55.5 Å². The highest BCUT2D eigenvalue weighted by molar-refractivity contribution is 7.88. The molecule has 22 heavy (non-hydrogen) atoms. The van der Waals surface area contributed by atoms with Gasteiger partial charge in [0.1, 0.15) is 6.10 Å². The summed E-state index contributed by atoms with van der Waals surface area (Å²) in [5, 5.41) is 4.01. The summed E-state index contributed by atoms with van der Waals surface area (Å²) >= 11 is 0. The van der Waals surface area contributed by atoms with E-state index in [2.05, 4.69) is 19.8 Å². The minimum Gasteiger partial charge on any atom is -0.368 e. The summed E-state index contributed by atoms with van der Waals surface area (Å²) in [6.07, 6.45) is 4.71. The summed E-state index contributed by atoms with van der Waals surface area (Å²) in [4.78, 5) is 6.62. The van der Waals surface area contributed by atoms with Gasteiger partial charge in [-0.2, -0.15) is 4.98 Å². The Hall–Kier alpha value is -1.03. The molecule has 1 aromatic heterocycles. The normalized spacial score (nSPS) is 24.9. The number of hydrogen-bond acceptors (Lipinski definition) is 7. The number of hydrogen-bond donors (Lipinski definition) is 1. The molecule has 124 valence electrons. The number of piperidine rings is 1. The van der Waals surface area contributed by atoms with Crippen LogP contribution in [0.3, 0.4) is 0 Å². The van der Waals surface area contributed by atoms with Crippen LogP contribution in [0.15, 0.2) is 4.52 Å². The van der Waals surface area contributed by atoms with Crippen LogP contribution in [-0.2, 0) is 21.3 Å². The topological polar surface area (TPSA) is 97.6 Å². The zero-order valence-electron chi connectivity index (χ0n) is 12.7. The summed E-state index contributed by atoms with van der Waals surface area (Å²) in [5.41, 5.74) is 0. The summed E-state index contributed by atoms with van der Waals surface area (Å²) in [7, 11) is -3.13. The molecule has 2 fully saturated rings. The third kappa shape index (κ3) is 4.25. The highest BCUT2D eigenvalue weighted by Crippen LogP contribution is 2.27. The molecule has 9 heteroatoms. The molecule has 0 aromatic carbocycles. The van der Waals surface area contributed by atoms with Crippen LogP contribution in [0.5, 0.6) is 0 Å². The lowest BCUT2D eigenvalue weighted by atomic mass is 10.1. The van der Waals surface area contributed by atoms with Gasteiger partial charge in [0.15, 0.2) is 5.82 Å². The van der Waals surface area contributed by atoms with Gasteiger partial charge >= 0.3 is 0 Å². The third-order valence-electron chi connectivity index (χ3n) is 4.02. The lowest BCUT2D eigenvalue weighted by molar-refractivity contribution is 0.0835. The van der Waals surface area contributed by atoms with Gasteiger partial charge in [0, 0.05) is 25.7 Å². The molecule has 0 aliphatic carbocycles. The van der Waals surface area contributed by atoms with Crippen molar-refractivity contribution in [3.63, 3.8) is 0 Å². The predicted octanol–water partition coefficient (Wildman–Crippen LogP) is 0.435. The molecule has 2 aliphatic rings. The van der Waals surface area contributed by atoms with Crippen molar-refractivity contribution >= 4 is 10.0 Å². The molecule has 2 aliphatic heterocycles. The average Bonchev–Trinajstić information content (AvgIpc) is 3.10. The molecule has 0 bridgehead atoms. The zero-order chi connectivity index (χ0) is 15.6. The number of rotatable bonds is 5. The van der Waals surface area contributed by atoms with Crippen LogP contribution in [0.25, 0.3) is 0 Å². The van der Waals surface area contributed by atoms with Gasteiger partial charge in [0.05, 0.1) is 12.8 Å². The van der Waals surface area contributed by atoms with Crippen molar-refractivity contribution in [2.24, 2.45) is 0 Å². The molecule has 0 spiro atoms. The number of nitrogens with one attached hydrogen (secondary N) is 1. The number of sulfonamides is 1. The van der Waals surface area contributed by atoms with Gasteiger partial charge in [-0.1, -0.05) is 5.16 Å². The predicted molar refractivity (Wildman–Crippen MR) is 78.5 cm³/mol. The molecule has 1 unspecified atom stereocenters. The third-order valence-corrected chi connectivity index (χ3v) is 4.78. The molecule has 2 saturated heterocycles. The quantitative estimate of drug-likeness (QED) is 0.836. The number of aromatic nitrogens is 2. The second-order valence-corrected chi connectivity index (χ2v) is 7.77. The Morgan fingerprint density at radius 3 is 2.73 bits per heavy atom. The lowest BCUT2D eigenvalue weighted by Gasteiger charge is -2.30. The van der Waals surface area contributed by atoms with E-state index in [-0.39, 0.29) is 12.1 Å². The van der Waals surface area contributed by atoms with Gasteiger partial charge in [0.2, 0.25) is 10.0 Å². The van der Waals surface area contributed by atoms with Gasteiger partial charge in [-0.25, -0.2) is 13.1 Å². The van der Waals surface area contributed by atoms with Crippen molar-refractivity contribution in [1.29, 1.82) is 0 Å². The average molecular weight is 330 g/mol. The first-order chi connectivity index (χ1) is 10.5. The van der Waals surface area contributed by atoms with E-state index in [0.29, 0.717) is 18.3 Å². The Labute approximate surface area is 130 Å². The maximum absolute atomic E-state index is 11.2. The second kappa shape index (κ2) is 6.61. The Balaban J connectivity index is 1.48. The first kappa shape index (κ1) is 15.9. The maximum Gasteiger partial charge on any atom is 0.255 e. The molecule has 1 N–H and O–H groups in total. The molecular formula is C13H22N4O4S. The molecule has 3 rings (SSSR count). The fourth-order valence-electron chi connectivity index (χ4n) is 2.95. The SMILES string of the molecule is CS(=O)(=O)NC1CCN(Cc2noc(C3CCCO3)n2)CC1. The summed E-state index contributed by atoms with van der Waals surface area (Å²) in [6.45, 7) is 3.01. The minimum atomic E-state index is -3.13. The fraction of sp³-hybridized carbons (Fsp3) is 0.846. The first-order valence-electron chi connectivity index (χ1n) is 7.63.